The van der Waals surface area contributed by atoms with Crippen LogP contribution < -0.4 is 5.32 Å². The second-order valence-electron chi connectivity index (χ2n) is 5.28. The predicted molar refractivity (Wildman–Crippen MR) is 69.2 cm³/mol. The minimum absolute atomic E-state index is 0.177. The van der Waals surface area contributed by atoms with Crippen LogP contribution in [0.3, 0.4) is 0 Å². The Morgan fingerprint density at radius 2 is 2.11 bits per heavy atom. The summed E-state index contributed by atoms with van der Waals surface area (Å²) in [5, 5.41) is 3.11. The summed E-state index contributed by atoms with van der Waals surface area (Å²) in [6.45, 7) is 0.855. The first kappa shape index (κ1) is 11.7. The van der Waals surface area contributed by atoms with Gasteiger partial charge in [-0.15, -0.1) is 0 Å². The molecule has 2 aliphatic heterocycles. The van der Waals surface area contributed by atoms with Crippen LogP contribution in [0.5, 0.6) is 0 Å². The molecule has 2 saturated heterocycles. The van der Waals surface area contributed by atoms with Crippen LogP contribution in [0.25, 0.3) is 0 Å². The first-order valence-corrected chi connectivity index (χ1v) is 6.78. The van der Waals surface area contributed by atoms with Crippen molar-refractivity contribution in [3.63, 3.8) is 0 Å². The second kappa shape index (κ2) is 5.11. The molecule has 3 heteroatoms. The fraction of sp³-hybridized carbons (Fsp3) is 0.533. The summed E-state index contributed by atoms with van der Waals surface area (Å²) in [4.78, 5) is 11.6. The van der Waals surface area contributed by atoms with Gasteiger partial charge in [0, 0.05) is 25.0 Å². The van der Waals surface area contributed by atoms with E-state index < -0.39 is 0 Å². The van der Waals surface area contributed by atoms with Crippen LogP contribution in [-0.2, 0) is 16.0 Å². The van der Waals surface area contributed by atoms with Crippen molar-refractivity contribution in [2.45, 2.75) is 37.8 Å². The zero-order chi connectivity index (χ0) is 12.4. The van der Waals surface area contributed by atoms with Crippen LogP contribution in [0.4, 0.5) is 0 Å². The Kier molecular flexibility index (Phi) is 3.33. The summed E-state index contributed by atoms with van der Waals surface area (Å²) in [5.74, 6) is 0.525. The lowest BCUT2D eigenvalue weighted by Crippen LogP contribution is -2.36. The number of hydrogen-bond donors (Lipinski definition) is 1. The Bertz CT molecular complexity index is 412. The van der Waals surface area contributed by atoms with E-state index in [1.54, 1.807) is 0 Å². The number of benzene rings is 1. The van der Waals surface area contributed by atoms with E-state index in [2.05, 4.69) is 17.4 Å². The molecule has 2 fully saturated rings. The molecule has 3 nitrogen and oxygen atoms in total. The molecular formula is C15H19NO2. The van der Waals surface area contributed by atoms with E-state index in [9.17, 15) is 4.79 Å². The van der Waals surface area contributed by atoms with Gasteiger partial charge in [-0.2, -0.15) is 0 Å². The quantitative estimate of drug-likeness (QED) is 0.883. The van der Waals surface area contributed by atoms with Crippen molar-refractivity contribution < 1.29 is 9.53 Å². The SMILES string of the molecule is O=C1CC(C2CCCO2)C(Cc2ccccc2)N1. The Balaban J connectivity index is 1.71. The van der Waals surface area contributed by atoms with Crippen molar-refractivity contribution in [2.75, 3.05) is 6.61 Å². The van der Waals surface area contributed by atoms with Crippen LogP contribution in [-0.4, -0.2) is 24.7 Å². The number of amides is 1. The van der Waals surface area contributed by atoms with Crippen molar-refractivity contribution in [3.8, 4) is 0 Å². The molecule has 2 aliphatic rings. The van der Waals surface area contributed by atoms with E-state index in [4.69, 9.17) is 4.74 Å². The molecule has 1 aromatic rings. The minimum atomic E-state index is 0.177. The van der Waals surface area contributed by atoms with Crippen LogP contribution >= 0.6 is 0 Å². The highest BCUT2D eigenvalue weighted by molar-refractivity contribution is 5.79. The molecule has 3 rings (SSSR count). The highest BCUT2D eigenvalue weighted by Crippen LogP contribution is 2.30. The van der Waals surface area contributed by atoms with Gasteiger partial charge in [0.1, 0.15) is 0 Å². The van der Waals surface area contributed by atoms with Crippen molar-refractivity contribution in [3.05, 3.63) is 35.9 Å². The van der Waals surface area contributed by atoms with Crippen LogP contribution in [0.1, 0.15) is 24.8 Å². The highest BCUT2D eigenvalue weighted by Gasteiger charge is 2.39. The first-order chi connectivity index (χ1) is 8.83. The van der Waals surface area contributed by atoms with Gasteiger partial charge in [0.15, 0.2) is 0 Å². The Labute approximate surface area is 108 Å². The average molecular weight is 245 g/mol. The highest BCUT2D eigenvalue weighted by atomic mass is 16.5. The molecule has 1 amide bonds. The summed E-state index contributed by atoms with van der Waals surface area (Å²) in [7, 11) is 0. The second-order valence-corrected chi connectivity index (χ2v) is 5.28. The van der Waals surface area contributed by atoms with Gasteiger partial charge < -0.3 is 10.1 Å². The van der Waals surface area contributed by atoms with E-state index in [-0.39, 0.29) is 18.1 Å². The molecule has 3 atom stereocenters. The number of ether oxygens (including phenoxy) is 1. The fourth-order valence-corrected chi connectivity index (χ4v) is 3.13. The van der Waals surface area contributed by atoms with E-state index in [0.29, 0.717) is 12.3 Å². The lowest BCUT2D eigenvalue weighted by atomic mass is 9.89. The number of hydrogen-bond acceptors (Lipinski definition) is 2. The Morgan fingerprint density at radius 1 is 1.28 bits per heavy atom. The molecule has 0 aromatic heterocycles. The maximum Gasteiger partial charge on any atom is 0.220 e. The topological polar surface area (TPSA) is 38.3 Å². The summed E-state index contributed by atoms with van der Waals surface area (Å²) in [5.41, 5.74) is 1.28. The standard InChI is InChI=1S/C15H19NO2/c17-15-10-12(14-7-4-8-18-14)13(16-15)9-11-5-2-1-3-6-11/h1-3,5-6,12-14H,4,7-10H2,(H,16,17). The van der Waals surface area contributed by atoms with Crippen LogP contribution in [0.15, 0.2) is 30.3 Å². The van der Waals surface area contributed by atoms with Gasteiger partial charge >= 0.3 is 0 Å². The molecule has 0 spiro atoms. The van der Waals surface area contributed by atoms with Crippen molar-refractivity contribution >= 4 is 5.91 Å². The van der Waals surface area contributed by atoms with Gasteiger partial charge in [0.2, 0.25) is 5.91 Å². The molecule has 2 heterocycles. The van der Waals surface area contributed by atoms with Crippen LogP contribution in [0, 0.1) is 5.92 Å². The molecule has 3 unspecified atom stereocenters. The summed E-state index contributed by atoms with van der Waals surface area (Å²) in [6, 6.07) is 10.6. The van der Waals surface area contributed by atoms with Gasteiger partial charge in [0.25, 0.3) is 0 Å². The molecule has 1 N–H and O–H groups in total. The smallest absolute Gasteiger partial charge is 0.220 e. The zero-order valence-electron chi connectivity index (χ0n) is 10.5. The summed E-state index contributed by atoms with van der Waals surface area (Å²) < 4.78 is 5.76. The van der Waals surface area contributed by atoms with E-state index in [1.165, 1.54) is 5.56 Å². The third-order valence-electron chi connectivity index (χ3n) is 4.03. The molecule has 1 aromatic carbocycles. The molecular weight excluding hydrogens is 226 g/mol. The minimum Gasteiger partial charge on any atom is -0.378 e. The molecule has 0 saturated carbocycles. The lowest BCUT2D eigenvalue weighted by Gasteiger charge is -2.23. The van der Waals surface area contributed by atoms with Crippen molar-refractivity contribution in [1.82, 2.24) is 5.32 Å². The molecule has 0 radical (unpaired) electrons. The molecule has 0 aliphatic carbocycles. The predicted octanol–water partition coefficient (Wildman–Crippen LogP) is 1.91. The van der Waals surface area contributed by atoms with Crippen molar-refractivity contribution in [2.24, 2.45) is 5.92 Å². The third-order valence-corrected chi connectivity index (χ3v) is 4.03. The van der Waals surface area contributed by atoms with E-state index in [0.717, 1.165) is 25.9 Å². The van der Waals surface area contributed by atoms with Crippen molar-refractivity contribution in [1.29, 1.82) is 0 Å². The lowest BCUT2D eigenvalue weighted by molar-refractivity contribution is -0.119. The third kappa shape index (κ3) is 2.41. The largest absolute Gasteiger partial charge is 0.378 e. The molecule has 18 heavy (non-hydrogen) atoms. The molecule has 0 bridgehead atoms. The van der Waals surface area contributed by atoms with Gasteiger partial charge in [-0.1, -0.05) is 30.3 Å². The maximum absolute atomic E-state index is 11.6. The monoisotopic (exact) mass is 245 g/mol. The maximum atomic E-state index is 11.6. The number of nitrogens with one attached hydrogen (secondary N) is 1. The van der Waals surface area contributed by atoms with E-state index in [1.807, 2.05) is 18.2 Å². The van der Waals surface area contributed by atoms with Gasteiger partial charge in [-0.3, -0.25) is 4.79 Å². The molecule has 96 valence electrons. The average Bonchev–Trinajstić information content (AvgIpc) is 3.00. The van der Waals surface area contributed by atoms with Gasteiger partial charge in [-0.25, -0.2) is 0 Å². The Hall–Kier alpha value is -1.35. The normalized spacial score (nSPS) is 31.6. The Morgan fingerprint density at radius 3 is 2.83 bits per heavy atom. The summed E-state index contributed by atoms with van der Waals surface area (Å²) >= 11 is 0. The number of carbonyl (C=O) groups is 1. The van der Waals surface area contributed by atoms with Crippen LogP contribution in [0.2, 0.25) is 0 Å². The first-order valence-electron chi connectivity index (χ1n) is 6.78. The zero-order valence-corrected chi connectivity index (χ0v) is 10.5. The summed E-state index contributed by atoms with van der Waals surface area (Å²) in [6.07, 6.45) is 4.05. The van der Waals surface area contributed by atoms with Gasteiger partial charge in [0.05, 0.1) is 6.10 Å². The van der Waals surface area contributed by atoms with Gasteiger partial charge in [-0.05, 0) is 24.8 Å². The fourth-order valence-electron chi connectivity index (χ4n) is 3.13. The number of rotatable bonds is 3. The van der Waals surface area contributed by atoms with E-state index >= 15 is 0 Å². The number of carbonyl (C=O) groups excluding carboxylic acids is 1.